The van der Waals surface area contributed by atoms with E-state index in [2.05, 4.69) is 0 Å². The van der Waals surface area contributed by atoms with Crippen LogP contribution >= 0.6 is 0 Å². The summed E-state index contributed by atoms with van der Waals surface area (Å²) in [7, 11) is 3.09. The van der Waals surface area contributed by atoms with E-state index in [0.29, 0.717) is 35.9 Å². The molecule has 0 bridgehead atoms. The number of furan rings is 1. The summed E-state index contributed by atoms with van der Waals surface area (Å²) in [6.07, 6.45) is 3.37. The van der Waals surface area contributed by atoms with Gasteiger partial charge >= 0.3 is 0 Å². The van der Waals surface area contributed by atoms with Crippen molar-refractivity contribution in [3.05, 3.63) is 83.8 Å². The summed E-state index contributed by atoms with van der Waals surface area (Å²) in [5, 5.41) is 0. The van der Waals surface area contributed by atoms with Crippen molar-refractivity contribution < 1.29 is 23.5 Å². The molecule has 33 heavy (non-hydrogen) atoms. The van der Waals surface area contributed by atoms with Crippen LogP contribution in [-0.2, 0) is 17.9 Å². The zero-order valence-corrected chi connectivity index (χ0v) is 18.9. The molecule has 1 aliphatic carbocycles. The van der Waals surface area contributed by atoms with Gasteiger partial charge in [0.15, 0.2) is 0 Å². The third-order valence-corrected chi connectivity index (χ3v) is 5.65. The van der Waals surface area contributed by atoms with Gasteiger partial charge in [-0.05, 0) is 42.7 Å². The minimum atomic E-state index is -0.208. The van der Waals surface area contributed by atoms with Crippen molar-refractivity contribution in [1.29, 1.82) is 0 Å². The van der Waals surface area contributed by atoms with E-state index in [1.54, 1.807) is 54.5 Å². The number of ether oxygens (including phenoxy) is 2. The van der Waals surface area contributed by atoms with E-state index in [-0.39, 0.29) is 24.4 Å². The zero-order chi connectivity index (χ0) is 23.2. The molecule has 4 rings (SSSR count). The first-order chi connectivity index (χ1) is 16.1. The second-order valence-electron chi connectivity index (χ2n) is 8.08. The van der Waals surface area contributed by atoms with E-state index in [0.717, 1.165) is 18.4 Å². The molecule has 2 amide bonds. The second kappa shape index (κ2) is 10.3. The largest absolute Gasteiger partial charge is 0.497 e. The van der Waals surface area contributed by atoms with E-state index in [1.807, 2.05) is 36.4 Å². The molecule has 172 valence electrons. The zero-order valence-electron chi connectivity index (χ0n) is 18.9. The van der Waals surface area contributed by atoms with Crippen molar-refractivity contribution in [2.75, 3.05) is 20.8 Å². The summed E-state index contributed by atoms with van der Waals surface area (Å²) in [6, 6.07) is 18.6. The third kappa shape index (κ3) is 5.74. The highest BCUT2D eigenvalue weighted by atomic mass is 16.5. The number of hydrogen-bond acceptors (Lipinski definition) is 5. The fraction of sp³-hybridized carbons (Fsp3) is 0.308. The Morgan fingerprint density at radius 2 is 1.64 bits per heavy atom. The second-order valence-corrected chi connectivity index (χ2v) is 8.08. The minimum absolute atomic E-state index is 0.00341. The summed E-state index contributed by atoms with van der Waals surface area (Å²) in [6.45, 7) is 0.761. The fourth-order valence-electron chi connectivity index (χ4n) is 3.72. The lowest BCUT2D eigenvalue weighted by Gasteiger charge is -2.27. The van der Waals surface area contributed by atoms with Gasteiger partial charge in [0.1, 0.15) is 23.8 Å². The van der Waals surface area contributed by atoms with Gasteiger partial charge in [-0.3, -0.25) is 9.59 Å². The molecule has 0 spiro atoms. The van der Waals surface area contributed by atoms with Crippen LogP contribution in [0, 0.1) is 0 Å². The number of hydrogen-bond donors (Lipinski definition) is 0. The summed E-state index contributed by atoms with van der Waals surface area (Å²) in [5.74, 6) is 1.42. The number of benzene rings is 2. The summed E-state index contributed by atoms with van der Waals surface area (Å²) >= 11 is 0. The predicted molar refractivity (Wildman–Crippen MR) is 123 cm³/mol. The van der Waals surface area contributed by atoms with Crippen LogP contribution in [0.1, 0.15) is 34.5 Å². The highest BCUT2D eigenvalue weighted by Gasteiger charge is 2.35. The van der Waals surface area contributed by atoms with Crippen LogP contribution in [-0.4, -0.2) is 48.4 Å². The van der Waals surface area contributed by atoms with Crippen molar-refractivity contribution >= 4 is 11.8 Å². The van der Waals surface area contributed by atoms with Crippen LogP contribution in [0.3, 0.4) is 0 Å². The minimum Gasteiger partial charge on any atom is -0.497 e. The highest BCUT2D eigenvalue weighted by Crippen LogP contribution is 2.30. The molecule has 0 aliphatic heterocycles. The van der Waals surface area contributed by atoms with Crippen molar-refractivity contribution in [3.63, 3.8) is 0 Å². The Hall–Kier alpha value is -3.74. The number of amides is 2. The number of rotatable bonds is 10. The van der Waals surface area contributed by atoms with E-state index in [9.17, 15) is 9.59 Å². The normalized spacial score (nSPS) is 12.8. The topological polar surface area (TPSA) is 72.2 Å². The van der Waals surface area contributed by atoms with E-state index < -0.39 is 0 Å². The number of carbonyl (C=O) groups excluding carboxylic acids is 2. The molecule has 3 aromatic rings. The van der Waals surface area contributed by atoms with Gasteiger partial charge in [-0.25, -0.2) is 0 Å². The maximum atomic E-state index is 13.4. The number of carbonyl (C=O) groups is 2. The van der Waals surface area contributed by atoms with Gasteiger partial charge in [0.25, 0.3) is 5.91 Å². The van der Waals surface area contributed by atoms with Crippen molar-refractivity contribution in [2.45, 2.75) is 32.0 Å². The molecular weight excluding hydrogens is 420 g/mol. The number of nitrogens with zero attached hydrogens (tertiary/aromatic N) is 2. The van der Waals surface area contributed by atoms with E-state index in [1.165, 1.54) is 0 Å². The van der Waals surface area contributed by atoms with Crippen LogP contribution < -0.4 is 9.47 Å². The van der Waals surface area contributed by atoms with Crippen molar-refractivity contribution in [3.8, 4) is 11.5 Å². The molecule has 7 nitrogen and oxygen atoms in total. The van der Waals surface area contributed by atoms with Crippen LogP contribution in [0.15, 0.2) is 71.3 Å². The SMILES string of the molecule is COc1cc(OC)cc(C(=O)N(CC(=O)N(Cc2ccccc2)Cc2ccco2)C2CC2)c1. The summed E-state index contributed by atoms with van der Waals surface area (Å²) in [4.78, 5) is 30.2. The van der Waals surface area contributed by atoms with Gasteiger partial charge in [-0.2, -0.15) is 0 Å². The molecule has 7 heteroatoms. The van der Waals surface area contributed by atoms with Crippen LogP contribution in [0.5, 0.6) is 11.5 Å². The Kier molecular flexibility index (Phi) is 6.98. The molecule has 1 aliphatic rings. The molecule has 1 fully saturated rings. The first-order valence-corrected chi connectivity index (χ1v) is 11.0. The Labute approximate surface area is 193 Å². The lowest BCUT2D eigenvalue weighted by atomic mass is 10.1. The average molecular weight is 449 g/mol. The first-order valence-electron chi connectivity index (χ1n) is 11.0. The van der Waals surface area contributed by atoms with Crippen LogP contribution in [0.4, 0.5) is 0 Å². The summed E-state index contributed by atoms with van der Waals surface area (Å²) < 4.78 is 16.1. The third-order valence-electron chi connectivity index (χ3n) is 5.65. The molecule has 0 unspecified atom stereocenters. The van der Waals surface area contributed by atoms with Crippen molar-refractivity contribution in [1.82, 2.24) is 9.80 Å². The quantitative estimate of drug-likeness (QED) is 0.466. The lowest BCUT2D eigenvalue weighted by molar-refractivity contribution is -0.133. The van der Waals surface area contributed by atoms with E-state index in [4.69, 9.17) is 13.9 Å². The Morgan fingerprint density at radius 3 is 2.21 bits per heavy atom. The standard InChI is InChI=1S/C26H28N2O5/c1-31-23-13-20(14-24(15-23)32-2)26(30)28(21-10-11-21)18-25(29)27(17-22-9-6-12-33-22)16-19-7-4-3-5-8-19/h3-9,12-15,21H,10-11,16-18H2,1-2H3. The Morgan fingerprint density at radius 1 is 0.939 bits per heavy atom. The molecule has 0 N–H and O–H groups in total. The molecule has 0 saturated heterocycles. The van der Waals surface area contributed by atoms with Gasteiger partial charge in [0, 0.05) is 24.2 Å². The molecule has 1 saturated carbocycles. The van der Waals surface area contributed by atoms with Gasteiger partial charge in [-0.1, -0.05) is 30.3 Å². The Balaban J connectivity index is 1.55. The maximum absolute atomic E-state index is 13.4. The smallest absolute Gasteiger partial charge is 0.254 e. The molecule has 2 aromatic carbocycles. The Bertz CT molecular complexity index is 1060. The van der Waals surface area contributed by atoms with Gasteiger partial charge in [0.2, 0.25) is 5.91 Å². The first kappa shape index (κ1) is 22.5. The molecule has 1 aromatic heterocycles. The molecule has 0 atom stereocenters. The molecule has 0 radical (unpaired) electrons. The lowest BCUT2D eigenvalue weighted by Crippen LogP contribution is -2.43. The number of methoxy groups -OCH3 is 2. The molecular formula is C26H28N2O5. The van der Waals surface area contributed by atoms with Gasteiger partial charge in [0.05, 0.1) is 27.0 Å². The molecule has 1 heterocycles. The highest BCUT2D eigenvalue weighted by molar-refractivity contribution is 5.97. The monoisotopic (exact) mass is 448 g/mol. The van der Waals surface area contributed by atoms with Crippen molar-refractivity contribution in [2.24, 2.45) is 0 Å². The maximum Gasteiger partial charge on any atom is 0.254 e. The average Bonchev–Trinajstić information content (AvgIpc) is 3.57. The van der Waals surface area contributed by atoms with Crippen LogP contribution in [0.2, 0.25) is 0 Å². The van der Waals surface area contributed by atoms with E-state index >= 15 is 0 Å². The van der Waals surface area contributed by atoms with Gasteiger partial charge < -0.3 is 23.7 Å². The fourth-order valence-corrected chi connectivity index (χ4v) is 3.72. The summed E-state index contributed by atoms with van der Waals surface area (Å²) in [5.41, 5.74) is 1.45. The van der Waals surface area contributed by atoms with Crippen LogP contribution in [0.25, 0.3) is 0 Å². The predicted octanol–water partition coefficient (Wildman–Crippen LogP) is 4.13. The van der Waals surface area contributed by atoms with Gasteiger partial charge in [-0.15, -0.1) is 0 Å².